The van der Waals surface area contributed by atoms with Crippen LogP contribution in [0.15, 0.2) is 24.8 Å². The van der Waals surface area contributed by atoms with Crippen LogP contribution in [0.1, 0.15) is 6.42 Å². The van der Waals surface area contributed by atoms with Crippen molar-refractivity contribution in [2.24, 2.45) is 0 Å². The predicted octanol–water partition coefficient (Wildman–Crippen LogP) is 0.196. The molecule has 84 valence electrons. The summed E-state index contributed by atoms with van der Waals surface area (Å²) in [4.78, 5) is 21.5. The van der Waals surface area contributed by atoms with Crippen molar-refractivity contribution in [3.63, 3.8) is 0 Å². The van der Waals surface area contributed by atoms with Crippen LogP contribution in [0.3, 0.4) is 0 Å². The largest absolute Gasteiger partial charge is 0.466 e. The number of carbonyl (C=O) groups excluding carboxylic acids is 2. The second-order valence-corrected chi connectivity index (χ2v) is 2.79. The van der Waals surface area contributed by atoms with Crippen molar-refractivity contribution in [3.05, 3.63) is 24.8 Å². The summed E-state index contributed by atoms with van der Waals surface area (Å²) in [7, 11) is 1.22. The van der Waals surface area contributed by atoms with Gasteiger partial charge in [-0.25, -0.2) is 9.59 Å². The van der Waals surface area contributed by atoms with Crippen molar-refractivity contribution in [2.45, 2.75) is 12.5 Å². The average Bonchev–Trinajstić information content (AvgIpc) is 2.24. The fourth-order valence-corrected chi connectivity index (χ4v) is 0.808. The van der Waals surface area contributed by atoms with Crippen LogP contribution in [-0.4, -0.2) is 36.9 Å². The third kappa shape index (κ3) is 5.64. The average molecular weight is 214 g/mol. The van der Waals surface area contributed by atoms with Crippen LogP contribution >= 0.6 is 0 Å². The molecule has 0 heterocycles. The van der Waals surface area contributed by atoms with Gasteiger partial charge in [-0.1, -0.05) is 13.2 Å². The zero-order valence-electron chi connectivity index (χ0n) is 8.56. The van der Waals surface area contributed by atoms with Gasteiger partial charge >= 0.3 is 11.9 Å². The Labute approximate surface area is 88.0 Å². The number of rotatable bonds is 6. The van der Waals surface area contributed by atoms with Crippen LogP contribution in [0.5, 0.6) is 0 Å². The second-order valence-electron chi connectivity index (χ2n) is 2.79. The maximum Gasteiger partial charge on any atom is 0.333 e. The summed E-state index contributed by atoms with van der Waals surface area (Å²) in [5.74, 6) is -1.22. The van der Waals surface area contributed by atoms with E-state index < -0.39 is 18.0 Å². The van der Waals surface area contributed by atoms with Crippen LogP contribution in [-0.2, 0) is 19.1 Å². The van der Waals surface area contributed by atoms with E-state index in [-0.39, 0.29) is 18.6 Å². The van der Waals surface area contributed by atoms with Gasteiger partial charge < -0.3 is 14.6 Å². The van der Waals surface area contributed by atoms with E-state index in [9.17, 15) is 14.7 Å². The van der Waals surface area contributed by atoms with Gasteiger partial charge in [0, 0.05) is 18.1 Å². The van der Waals surface area contributed by atoms with Gasteiger partial charge in [-0.15, -0.1) is 0 Å². The lowest BCUT2D eigenvalue weighted by molar-refractivity contribution is -0.140. The molecule has 0 aliphatic rings. The van der Waals surface area contributed by atoms with Crippen LogP contribution in [0.4, 0.5) is 0 Å². The SMILES string of the molecule is C=CC(=O)OCC(O)CC(=C)C(=O)OC. The Balaban J connectivity index is 3.88. The van der Waals surface area contributed by atoms with Gasteiger partial charge in [-0.05, 0) is 0 Å². The van der Waals surface area contributed by atoms with Crippen LogP contribution in [0.25, 0.3) is 0 Å². The summed E-state index contributed by atoms with van der Waals surface area (Å²) < 4.78 is 8.95. The van der Waals surface area contributed by atoms with Crippen molar-refractivity contribution in [1.29, 1.82) is 0 Å². The lowest BCUT2D eigenvalue weighted by atomic mass is 10.1. The molecule has 0 rings (SSSR count). The molecule has 0 saturated heterocycles. The number of ether oxygens (including phenoxy) is 2. The van der Waals surface area contributed by atoms with Crippen molar-refractivity contribution >= 4 is 11.9 Å². The van der Waals surface area contributed by atoms with Gasteiger partial charge in [0.1, 0.15) is 6.61 Å². The molecule has 5 heteroatoms. The van der Waals surface area contributed by atoms with Crippen molar-refractivity contribution in [3.8, 4) is 0 Å². The number of esters is 2. The fraction of sp³-hybridized carbons (Fsp3) is 0.400. The standard InChI is InChI=1S/C10H14O5/c1-4-9(12)15-6-8(11)5-7(2)10(13)14-3/h4,8,11H,1-2,5-6H2,3H3. The Kier molecular flexibility index (Phi) is 6.05. The Morgan fingerprint density at radius 2 is 2.13 bits per heavy atom. The molecule has 0 aliphatic heterocycles. The van der Waals surface area contributed by atoms with Crippen molar-refractivity contribution in [1.82, 2.24) is 0 Å². The lowest BCUT2D eigenvalue weighted by Gasteiger charge is -2.10. The first-order valence-corrected chi connectivity index (χ1v) is 4.24. The molecule has 0 aromatic heterocycles. The van der Waals surface area contributed by atoms with Crippen LogP contribution in [0.2, 0.25) is 0 Å². The summed E-state index contributed by atoms with van der Waals surface area (Å²) in [5.41, 5.74) is 0.125. The second kappa shape index (κ2) is 6.78. The Hall–Kier alpha value is -1.62. The quantitative estimate of drug-likeness (QED) is 0.505. The normalized spacial score (nSPS) is 11.3. The molecule has 0 radical (unpaired) electrons. The van der Waals surface area contributed by atoms with E-state index in [4.69, 9.17) is 0 Å². The molecule has 0 amide bonds. The van der Waals surface area contributed by atoms with Crippen LogP contribution in [0, 0.1) is 0 Å². The zero-order valence-corrected chi connectivity index (χ0v) is 8.56. The van der Waals surface area contributed by atoms with E-state index in [1.165, 1.54) is 7.11 Å². The number of hydrogen-bond acceptors (Lipinski definition) is 5. The highest BCUT2D eigenvalue weighted by molar-refractivity contribution is 5.87. The molecule has 5 nitrogen and oxygen atoms in total. The topological polar surface area (TPSA) is 72.8 Å². The maximum absolute atomic E-state index is 10.9. The number of aliphatic hydroxyl groups excluding tert-OH is 1. The molecule has 0 aromatic carbocycles. The molecule has 1 atom stereocenters. The highest BCUT2D eigenvalue weighted by atomic mass is 16.5. The van der Waals surface area contributed by atoms with Gasteiger partial charge in [-0.2, -0.15) is 0 Å². The van der Waals surface area contributed by atoms with E-state index in [2.05, 4.69) is 22.6 Å². The predicted molar refractivity (Wildman–Crippen MR) is 52.9 cm³/mol. The number of carbonyl (C=O) groups is 2. The van der Waals surface area contributed by atoms with Crippen LogP contribution < -0.4 is 0 Å². The first-order valence-electron chi connectivity index (χ1n) is 4.24. The Morgan fingerprint density at radius 3 is 2.60 bits per heavy atom. The third-order valence-corrected chi connectivity index (χ3v) is 1.54. The number of hydrogen-bond donors (Lipinski definition) is 1. The molecule has 1 unspecified atom stereocenters. The summed E-state index contributed by atoms with van der Waals surface area (Å²) in [6.07, 6.45) is 0.0133. The summed E-state index contributed by atoms with van der Waals surface area (Å²) in [6.45, 7) is 6.40. The van der Waals surface area contributed by atoms with Crippen molar-refractivity contribution in [2.75, 3.05) is 13.7 Å². The molecule has 0 aromatic rings. The summed E-state index contributed by atoms with van der Waals surface area (Å²) >= 11 is 0. The fourth-order valence-electron chi connectivity index (χ4n) is 0.808. The number of aliphatic hydroxyl groups is 1. The van der Waals surface area contributed by atoms with Gasteiger partial charge in [-0.3, -0.25) is 0 Å². The van der Waals surface area contributed by atoms with Gasteiger partial charge in [0.05, 0.1) is 13.2 Å². The lowest BCUT2D eigenvalue weighted by Crippen LogP contribution is -2.20. The van der Waals surface area contributed by atoms with Gasteiger partial charge in [0.25, 0.3) is 0 Å². The molecule has 0 spiro atoms. The highest BCUT2D eigenvalue weighted by Crippen LogP contribution is 2.05. The molecule has 0 aliphatic carbocycles. The van der Waals surface area contributed by atoms with E-state index in [1.807, 2.05) is 0 Å². The minimum absolute atomic E-state index is 0.00288. The summed E-state index contributed by atoms with van der Waals surface area (Å²) in [5, 5.41) is 9.33. The number of methoxy groups -OCH3 is 1. The molecular weight excluding hydrogens is 200 g/mol. The monoisotopic (exact) mass is 214 g/mol. The molecule has 0 saturated carbocycles. The minimum atomic E-state index is -0.972. The molecule has 0 fully saturated rings. The van der Waals surface area contributed by atoms with Gasteiger partial charge in [0.15, 0.2) is 0 Å². The first kappa shape index (κ1) is 13.4. The third-order valence-electron chi connectivity index (χ3n) is 1.54. The Morgan fingerprint density at radius 1 is 1.53 bits per heavy atom. The van der Waals surface area contributed by atoms with E-state index in [0.717, 1.165) is 6.08 Å². The minimum Gasteiger partial charge on any atom is -0.466 e. The molecule has 0 bridgehead atoms. The summed E-state index contributed by atoms with van der Waals surface area (Å²) in [6, 6.07) is 0. The van der Waals surface area contributed by atoms with Crippen molar-refractivity contribution < 1.29 is 24.2 Å². The van der Waals surface area contributed by atoms with E-state index >= 15 is 0 Å². The zero-order chi connectivity index (χ0) is 11.8. The smallest absolute Gasteiger partial charge is 0.333 e. The maximum atomic E-state index is 10.9. The van der Waals surface area contributed by atoms with E-state index in [0.29, 0.717) is 0 Å². The molecule has 15 heavy (non-hydrogen) atoms. The highest BCUT2D eigenvalue weighted by Gasteiger charge is 2.13. The molecular formula is C10H14O5. The van der Waals surface area contributed by atoms with E-state index in [1.54, 1.807) is 0 Å². The first-order chi connectivity index (χ1) is 7.01. The Bertz CT molecular complexity index is 269. The van der Waals surface area contributed by atoms with Gasteiger partial charge in [0.2, 0.25) is 0 Å². The molecule has 1 N–H and O–H groups in total.